The third-order valence-electron chi connectivity index (χ3n) is 2.66. The quantitative estimate of drug-likeness (QED) is 0.674. The van der Waals surface area contributed by atoms with Gasteiger partial charge in [-0.25, -0.2) is 5.43 Å². The Morgan fingerprint density at radius 2 is 2.38 bits per heavy atom. The number of hydrazine groups is 1. The Balaban J connectivity index is 2.45. The van der Waals surface area contributed by atoms with Crippen LogP contribution in [0.3, 0.4) is 0 Å². The van der Waals surface area contributed by atoms with Gasteiger partial charge in [-0.1, -0.05) is 0 Å². The van der Waals surface area contributed by atoms with Crippen molar-refractivity contribution in [1.82, 2.24) is 15.2 Å². The van der Waals surface area contributed by atoms with Crippen molar-refractivity contribution in [2.24, 2.45) is 12.9 Å². The number of aromatic nitrogens is 2. The van der Waals surface area contributed by atoms with Crippen LogP contribution in [-0.2, 0) is 7.05 Å². The van der Waals surface area contributed by atoms with Crippen LogP contribution in [0.1, 0.15) is 22.2 Å². The highest BCUT2D eigenvalue weighted by Crippen LogP contribution is 2.33. The molecule has 0 radical (unpaired) electrons. The van der Waals surface area contributed by atoms with E-state index in [2.05, 4.69) is 26.5 Å². The van der Waals surface area contributed by atoms with Crippen LogP contribution in [0.5, 0.6) is 0 Å². The summed E-state index contributed by atoms with van der Waals surface area (Å²) in [5, 5.41) is 6.27. The highest BCUT2D eigenvalue weighted by Gasteiger charge is 2.20. The summed E-state index contributed by atoms with van der Waals surface area (Å²) in [6.45, 7) is 2.04. The topological polar surface area (TPSA) is 55.9 Å². The molecule has 1 unspecified atom stereocenters. The molecule has 0 amide bonds. The standard InChI is InChI=1S/C10H13BrN4S/c1-6-7(5-13-15(6)2)9(14-12)10-8(11)3-4-16-10/h3-5,9,14H,12H2,1-2H3. The first kappa shape index (κ1) is 11.8. The number of nitrogens with one attached hydrogen (secondary N) is 1. The van der Waals surface area contributed by atoms with E-state index in [9.17, 15) is 0 Å². The summed E-state index contributed by atoms with van der Waals surface area (Å²) in [5.41, 5.74) is 5.06. The second-order valence-electron chi connectivity index (χ2n) is 3.54. The summed E-state index contributed by atoms with van der Waals surface area (Å²) in [6.07, 6.45) is 1.85. The molecule has 0 bridgehead atoms. The molecular weight excluding hydrogens is 288 g/mol. The van der Waals surface area contributed by atoms with Gasteiger partial charge >= 0.3 is 0 Å². The Morgan fingerprint density at radius 1 is 1.62 bits per heavy atom. The van der Waals surface area contributed by atoms with E-state index in [0.29, 0.717) is 0 Å². The van der Waals surface area contributed by atoms with Crippen LogP contribution in [0.25, 0.3) is 0 Å². The van der Waals surface area contributed by atoms with Crippen LogP contribution in [0.15, 0.2) is 22.1 Å². The highest BCUT2D eigenvalue weighted by molar-refractivity contribution is 9.10. The molecule has 0 fully saturated rings. The average Bonchev–Trinajstić information content (AvgIpc) is 2.81. The summed E-state index contributed by atoms with van der Waals surface area (Å²) in [4.78, 5) is 1.17. The first-order valence-corrected chi connectivity index (χ1v) is 6.50. The predicted octanol–water partition coefficient (Wildman–Crippen LogP) is 2.11. The molecule has 0 aliphatic carbocycles. The van der Waals surface area contributed by atoms with Gasteiger partial charge in [0, 0.05) is 27.7 Å². The van der Waals surface area contributed by atoms with Crippen molar-refractivity contribution >= 4 is 27.3 Å². The summed E-state index contributed by atoms with van der Waals surface area (Å²) in [7, 11) is 1.93. The summed E-state index contributed by atoms with van der Waals surface area (Å²) >= 11 is 5.19. The van der Waals surface area contributed by atoms with Crippen molar-refractivity contribution < 1.29 is 0 Å². The van der Waals surface area contributed by atoms with E-state index in [-0.39, 0.29) is 6.04 Å². The third kappa shape index (κ3) is 1.93. The van der Waals surface area contributed by atoms with Crippen molar-refractivity contribution in [3.63, 3.8) is 0 Å². The number of hydrogen-bond acceptors (Lipinski definition) is 4. The first-order chi connectivity index (χ1) is 7.65. The van der Waals surface area contributed by atoms with E-state index in [1.165, 1.54) is 4.88 Å². The number of nitrogens with zero attached hydrogens (tertiary/aromatic N) is 2. The molecule has 0 saturated carbocycles. The van der Waals surface area contributed by atoms with Crippen molar-refractivity contribution in [2.75, 3.05) is 0 Å². The molecule has 2 rings (SSSR count). The number of thiophene rings is 1. The van der Waals surface area contributed by atoms with Gasteiger partial charge in [0.1, 0.15) is 0 Å². The molecule has 4 nitrogen and oxygen atoms in total. The summed E-state index contributed by atoms with van der Waals surface area (Å²) in [5.74, 6) is 5.64. The molecule has 2 aromatic heterocycles. The molecular formula is C10H13BrN4S. The third-order valence-corrected chi connectivity index (χ3v) is 4.59. The van der Waals surface area contributed by atoms with Crippen LogP contribution in [0.4, 0.5) is 0 Å². The Labute approximate surface area is 107 Å². The Hall–Kier alpha value is -0.690. The van der Waals surface area contributed by atoms with Gasteiger partial charge in [0.2, 0.25) is 0 Å². The van der Waals surface area contributed by atoms with E-state index < -0.39 is 0 Å². The zero-order valence-electron chi connectivity index (χ0n) is 9.07. The van der Waals surface area contributed by atoms with Crippen molar-refractivity contribution in [2.45, 2.75) is 13.0 Å². The lowest BCUT2D eigenvalue weighted by molar-refractivity contribution is 0.637. The summed E-state index contributed by atoms with van der Waals surface area (Å²) in [6, 6.07) is 2.01. The molecule has 0 aliphatic rings. The molecule has 0 spiro atoms. The SMILES string of the molecule is Cc1c(C(NN)c2sccc2Br)cnn1C. The van der Waals surface area contributed by atoms with Gasteiger partial charge in [0.05, 0.1) is 12.2 Å². The zero-order chi connectivity index (χ0) is 11.7. The van der Waals surface area contributed by atoms with E-state index in [1.54, 1.807) is 11.3 Å². The lowest BCUT2D eigenvalue weighted by Gasteiger charge is -2.14. The fraction of sp³-hybridized carbons (Fsp3) is 0.300. The molecule has 3 N–H and O–H groups in total. The monoisotopic (exact) mass is 300 g/mol. The van der Waals surface area contributed by atoms with Crippen LogP contribution >= 0.6 is 27.3 Å². The number of rotatable bonds is 3. The van der Waals surface area contributed by atoms with E-state index in [4.69, 9.17) is 5.84 Å². The van der Waals surface area contributed by atoms with Crippen molar-refractivity contribution in [3.8, 4) is 0 Å². The maximum absolute atomic E-state index is 5.64. The lowest BCUT2D eigenvalue weighted by atomic mass is 10.1. The second-order valence-corrected chi connectivity index (χ2v) is 5.34. The van der Waals surface area contributed by atoms with Gasteiger partial charge in [-0.3, -0.25) is 10.5 Å². The number of nitrogens with two attached hydrogens (primary N) is 1. The minimum Gasteiger partial charge on any atom is -0.273 e. The minimum atomic E-state index is -0.0110. The number of halogens is 1. The maximum Gasteiger partial charge on any atom is 0.0846 e. The van der Waals surface area contributed by atoms with Gasteiger partial charge in [-0.15, -0.1) is 11.3 Å². The van der Waals surface area contributed by atoms with Gasteiger partial charge in [-0.2, -0.15) is 5.10 Å². The molecule has 6 heteroatoms. The normalized spacial score (nSPS) is 13.0. The minimum absolute atomic E-state index is 0.0110. The molecule has 86 valence electrons. The van der Waals surface area contributed by atoms with Gasteiger partial charge in [0.25, 0.3) is 0 Å². The maximum atomic E-state index is 5.64. The van der Waals surface area contributed by atoms with E-state index in [1.807, 2.05) is 36.3 Å². The smallest absolute Gasteiger partial charge is 0.0846 e. The molecule has 16 heavy (non-hydrogen) atoms. The molecule has 0 aliphatic heterocycles. The Morgan fingerprint density at radius 3 is 2.81 bits per heavy atom. The van der Waals surface area contributed by atoms with Crippen LogP contribution in [0.2, 0.25) is 0 Å². The predicted molar refractivity (Wildman–Crippen MR) is 69.1 cm³/mol. The fourth-order valence-corrected chi connectivity index (χ4v) is 3.30. The van der Waals surface area contributed by atoms with Crippen molar-refractivity contribution in [3.05, 3.63) is 38.3 Å². The molecule has 2 aromatic rings. The number of aryl methyl sites for hydroxylation is 1. The van der Waals surface area contributed by atoms with E-state index >= 15 is 0 Å². The fourth-order valence-electron chi connectivity index (χ4n) is 1.62. The zero-order valence-corrected chi connectivity index (χ0v) is 11.5. The van der Waals surface area contributed by atoms with Gasteiger partial charge < -0.3 is 0 Å². The lowest BCUT2D eigenvalue weighted by Crippen LogP contribution is -2.28. The number of hydrogen-bond donors (Lipinski definition) is 2. The van der Waals surface area contributed by atoms with Crippen LogP contribution in [-0.4, -0.2) is 9.78 Å². The molecule has 1 atom stereocenters. The molecule has 0 aromatic carbocycles. The van der Waals surface area contributed by atoms with Crippen LogP contribution in [0, 0.1) is 6.92 Å². The molecule has 0 saturated heterocycles. The second kappa shape index (κ2) is 4.67. The average molecular weight is 301 g/mol. The largest absolute Gasteiger partial charge is 0.273 e. The van der Waals surface area contributed by atoms with Gasteiger partial charge in [0.15, 0.2) is 0 Å². The van der Waals surface area contributed by atoms with Crippen LogP contribution < -0.4 is 11.3 Å². The Bertz CT molecular complexity index is 491. The highest BCUT2D eigenvalue weighted by atomic mass is 79.9. The van der Waals surface area contributed by atoms with Crippen molar-refractivity contribution in [1.29, 1.82) is 0 Å². The van der Waals surface area contributed by atoms with E-state index in [0.717, 1.165) is 15.7 Å². The molecule has 2 heterocycles. The Kier molecular flexibility index (Phi) is 3.44. The van der Waals surface area contributed by atoms with Gasteiger partial charge in [-0.05, 0) is 34.3 Å². The first-order valence-electron chi connectivity index (χ1n) is 4.82. The summed E-state index contributed by atoms with van der Waals surface area (Å²) < 4.78 is 2.92.